The Labute approximate surface area is 201 Å². The quantitative estimate of drug-likeness (QED) is 0.309. The first kappa shape index (κ1) is 24.5. The number of rotatable bonds is 10. The van der Waals surface area contributed by atoms with Crippen molar-refractivity contribution in [3.8, 4) is 11.5 Å². The van der Waals surface area contributed by atoms with Gasteiger partial charge in [0.2, 0.25) is 11.0 Å². The molecule has 2 amide bonds. The number of anilines is 2. The SMILES string of the molecule is CCOc1ccc(C(=O)Nc2nnc(SCC(=O)Nc3ccc(C)cc3C)s2)cc1OCC. The third kappa shape index (κ3) is 6.93. The second kappa shape index (κ2) is 11.7. The monoisotopic (exact) mass is 486 g/mol. The summed E-state index contributed by atoms with van der Waals surface area (Å²) in [5.41, 5.74) is 3.36. The number of nitrogens with zero attached hydrogens (tertiary/aromatic N) is 2. The van der Waals surface area contributed by atoms with E-state index in [4.69, 9.17) is 9.47 Å². The molecule has 0 saturated heterocycles. The van der Waals surface area contributed by atoms with Crippen LogP contribution in [0.1, 0.15) is 35.3 Å². The molecular weight excluding hydrogens is 460 g/mol. The molecule has 10 heteroatoms. The van der Waals surface area contributed by atoms with E-state index in [0.717, 1.165) is 16.8 Å². The first-order valence-electron chi connectivity index (χ1n) is 10.4. The van der Waals surface area contributed by atoms with Crippen molar-refractivity contribution >= 4 is 45.7 Å². The van der Waals surface area contributed by atoms with Crippen molar-refractivity contribution < 1.29 is 19.1 Å². The van der Waals surface area contributed by atoms with Crippen LogP contribution in [0.4, 0.5) is 10.8 Å². The lowest BCUT2D eigenvalue weighted by Gasteiger charge is -2.12. The summed E-state index contributed by atoms with van der Waals surface area (Å²) < 4.78 is 11.7. The van der Waals surface area contributed by atoms with Crippen molar-refractivity contribution in [1.82, 2.24) is 10.2 Å². The van der Waals surface area contributed by atoms with Gasteiger partial charge in [-0.05, 0) is 57.5 Å². The number of aryl methyl sites for hydroxylation is 2. The molecular formula is C23H26N4O4S2. The molecule has 0 radical (unpaired) electrons. The molecule has 0 atom stereocenters. The highest BCUT2D eigenvalue weighted by molar-refractivity contribution is 8.01. The molecule has 3 rings (SSSR count). The number of hydrogen-bond acceptors (Lipinski definition) is 8. The number of carbonyl (C=O) groups excluding carboxylic acids is 2. The number of amides is 2. The maximum absolute atomic E-state index is 12.6. The van der Waals surface area contributed by atoms with Crippen LogP contribution in [0, 0.1) is 13.8 Å². The number of benzene rings is 2. The van der Waals surface area contributed by atoms with Crippen molar-refractivity contribution in [2.75, 3.05) is 29.6 Å². The van der Waals surface area contributed by atoms with Gasteiger partial charge >= 0.3 is 0 Å². The topological polar surface area (TPSA) is 102 Å². The fourth-order valence-electron chi connectivity index (χ4n) is 2.95. The molecule has 2 N–H and O–H groups in total. The molecule has 0 fully saturated rings. The molecule has 0 bridgehead atoms. The summed E-state index contributed by atoms with van der Waals surface area (Å²) in [5, 5.41) is 14.0. The van der Waals surface area contributed by atoms with E-state index in [1.54, 1.807) is 18.2 Å². The molecule has 1 aromatic heterocycles. The van der Waals surface area contributed by atoms with Crippen molar-refractivity contribution in [2.24, 2.45) is 0 Å². The Hall–Kier alpha value is -3.11. The van der Waals surface area contributed by atoms with E-state index in [9.17, 15) is 9.59 Å². The molecule has 0 saturated carbocycles. The first-order valence-corrected chi connectivity index (χ1v) is 12.2. The van der Waals surface area contributed by atoms with Crippen molar-refractivity contribution in [3.05, 3.63) is 53.1 Å². The van der Waals surface area contributed by atoms with Crippen LogP contribution in [0.15, 0.2) is 40.7 Å². The van der Waals surface area contributed by atoms with Crippen molar-refractivity contribution in [1.29, 1.82) is 0 Å². The third-order valence-electron chi connectivity index (χ3n) is 4.42. The van der Waals surface area contributed by atoms with Crippen LogP contribution < -0.4 is 20.1 Å². The Morgan fingerprint density at radius 1 is 0.970 bits per heavy atom. The summed E-state index contributed by atoms with van der Waals surface area (Å²) in [7, 11) is 0. The van der Waals surface area contributed by atoms with E-state index in [1.807, 2.05) is 45.9 Å². The highest BCUT2D eigenvalue weighted by Gasteiger charge is 2.15. The Morgan fingerprint density at radius 3 is 2.45 bits per heavy atom. The number of thioether (sulfide) groups is 1. The molecule has 0 spiro atoms. The standard InChI is InChI=1S/C23H26N4O4S2/c1-5-30-18-10-8-16(12-19(18)31-6-2)21(29)25-22-26-27-23(33-22)32-13-20(28)24-17-9-7-14(3)11-15(17)4/h7-12H,5-6,13H2,1-4H3,(H,24,28)(H,25,26,29). The lowest BCUT2D eigenvalue weighted by molar-refractivity contribution is -0.113. The number of ether oxygens (including phenoxy) is 2. The van der Waals surface area contributed by atoms with Crippen LogP contribution in [0.5, 0.6) is 11.5 Å². The van der Waals surface area contributed by atoms with E-state index in [0.29, 0.717) is 39.7 Å². The molecule has 0 aliphatic heterocycles. The number of aromatic nitrogens is 2. The van der Waals surface area contributed by atoms with Crippen LogP contribution in [0.3, 0.4) is 0 Å². The van der Waals surface area contributed by atoms with E-state index in [-0.39, 0.29) is 17.6 Å². The van der Waals surface area contributed by atoms with Crippen LogP contribution in [0.2, 0.25) is 0 Å². The van der Waals surface area contributed by atoms with E-state index >= 15 is 0 Å². The Morgan fingerprint density at radius 2 is 1.73 bits per heavy atom. The van der Waals surface area contributed by atoms with Gasteiger partial charge in [0, 0.05) is 11.3 Å². The fraction of sp³-hybridized carbons (Fsp3) is 0.304. The predicted molar refractivity (Wildman–Crippen MR) is 132 cm³/mol. The average molecular weight is 487 g/mol. The molecule has 0 aliphatic carbocycles. The Kier molecular flexibility index (Phi) is 8.67. The van der Waals surface area contributed by atoms with Gasteiger partial charge in [-0.1, -0.05) is 40.8 Å². The van der Waals surface area contributed by atoms with Gasteiger partial charge in [0.1, 0.15) is 0 Å². The second-order valence-corrected chi connectivity index (χ2v) is 9.21. The van der Waals surface area contributed by atoms with E-state index < -0.39 is 0 Å². The molecule has 3 aromatic rings. The molecule has 8 nitrogen and oxygen atoms in total. The van der Waals surface area contributed by atoms with Gasteiger partial charge in [-0.15, -0.1) is 10.2 Å². The highest BCUT2D eigenvalue weighted by atomic mass is 32.2. The van der Waals surface area contributed by atoms with Crippen LogP contribution in [-0.4, -0.2) is 41.0 Å². The van der Waals surface area contributed by atoms with Crippen LogP contribution in [-0.2, 0) is 4.79 Å². The Bertz CT molecular complexity index is 1130. The summed E-state index contributed by atoms with van der Waals surface area (Å²) in [4.78, 5) is 24.9. The van der Waals surface area contributed by atoms with Gasteiger partial charge in [-0.25, -0.2) is 0 Å². The van der Waals surface area contributed by atoms with Crippen molar-refractivity contribution in [2.45, 2.75) is 32.0 Å². The summed E-state index contributed by atoms with van der Waals surface area (Å²) >= 11 is 2.47. The maximum Gasteiger partial charge on any atom is 0.257 e. The normalized spacial score (nSPS) is 10.5. The van der Waals surface area contributed by atoms with Gasteiger partial charge in [0.15, 0.2) is 15.8 Å². The zero-order chi connectivity index (χ0) is 23.8. The maximum atomic E-state index is 12.6. The number of hydrogen-bond donors (Lipinski definition) is 2. The van der Waals surface area contributed by atoms with Crippen molar-refractivity contribution in [3.63, 3.8) is 0 Å². The first-order chi connectivity index (χ1) is 15.9. The van der Waals surface area contributed by atoms with Gasteiger partial charge in [0.25, 0.3) is 5.91 Å². The van der Waals surface area contributed by atoms with Gasteiger partial charge < -0.3 is 14.8 Å². The molecule has 0 unspecified atom stereocenters. The average Bonchev–Trinajstić information content (AvgIpc) is 3.23. The molecule has 1 heterocycles. The molecule has 2 aromatic carbocycles. The van der Waals surface area contributed by atoms with Gasteiger partial charge in [-0.3, -0.25) is 14.9 Å². The fourth-order valence-corrected chi connectivity index (χ4v) is 4.49. The highest BCUT2D eigenvalue weighted by Crippen LogP contribution is 2.30. The van der Waals surface area contributed by atoms with E-state index in [2.05, 4.69) is 20.8 Å². The third-order valence-corrected chi connectivity index (χ3v) is 6.39. The minimum atomic E-state index is -0.334. The van der Waals surface area contributed by atoms with Gasteiger partial charge in [-0.2, -0.15) is 0 Å². The zero-order valence-electron chi connectivity index (χ0n) is 18.9. The van der Waals surface area contributed by atoms with Crippen LogP contribution >= 0.6 is 23.1 Å². The lowest BCUT2D eigenvalue weighted by atomic mass is 10.1. The second-order valence-electron chi connectivity index (χ2n) is 7.01. The number of carbonyl (C=O) groups is 2. The predicted octanol–water partition coefficient (Wildman–Crippen LogP) is 4.94. The molecule has 174 valence electrons. The number of nitrogens with one attached hydrogen (secondary N) is 2. The summed E-state index contributed by atoms with van der Waals surface area (Å²) in [6, 6.07) is 10.9. The summed E-state index contributed by atoms with van der Waals surface area (Å²) in [5.74, 6) is 0.816. The van der Waals surface area contributed by atoms with Crippen LogP contribution in [0.25, 0.3) is 0 Å². The Balaban J connectivity index is 1.56. The lowest BCUT2D eigenvalue weighted by Crippen LogP contribution is -2.14. The minimum Gasteiger partial charge on any atom is -0.490 e. The minimum absolute atomic E-state index is 0.134. The largest absolute Gasteiger partial charge is 0.490 e. The molecule has 33 heavy (non-hydrogen) atoms. The zero-order valence-corrected chi connectivity index (χ0v) is 20.6. The smallest absolute Gasteiger partial charge is 0.257 e. The van der Waals surface area contributed by atoms with E-state index in [1.165, 1.54) is 23.1 Å². The summed E-state index contributed by atoms with van der Waals surface area (Å²) in [6.07, 6.45) is 0. The van der Waals surface area contributed by atoms with Gasteiger partial charge in [0.05, 0.1) is 19.0 Å². The summed E-state index contributed by atoms with van der Waals surface area (Å²) in [6.45, 7) is 8.67. The molecule has 0 aliphatic rings.